The molecule has 5 heteroatoms. The standard InChI is InChI=1S/C14H30NO3.ClH/c1-2-3-4-5-6-7-8-9-10-11-12-17-14(16)13-18-15;/h2-13H2,1,15H3;1H/q+1;/p-1. The summed E-state index contributed by atoms with van der Waals surface area (Å²) in [4.78, 5) is 15.3. The van der Waals surface area contributed by atoms with Gasteiger partial charge in [-0.25, -0.2) is 10.7 Å². The second kappa shape index (κ2) is 17.7. The van der Waals surface area contributed by atoms with E-state index in [1.807, 2.05) is 0 Å². The van der Waals surface area contributed by atoms with Crippen LogP contribution in [0.25, 0.3) is 0 Å². The smallest absolute Gasteiger partial charge is 0.338 e. The first-order valence-electron chi connectivity index (χ1n) is 7.33. The Kier molecular flexibility index (Phi) is 19.5. The van der Waals surface area contributed by atoms with Gasteiger partial charge in [0.1, 0.15) is 0 Å². The van der Waals surface area contributed by atoms with Crippen LogP contribution in [0.4, 0.5) is 0 Å². The summed E-state index contributed by atoms with van der Waals surface area (Å²) < 4.78 is 4.95. The minimum absolute atomic E-state index is 0. The second-order valence-electron chi connectivity index (χ2n) is 4.75. The summed E-state index contributed by atoms with van der Waals surface area (Å²) in [6, 6.07) is 0. The Morgan fingerprint density at radius 1 is 0.895 bits per heavy atom. The van der Waals surface area contributed by atoms with E-state index in [4.69, 9.17) is 4.74 Å². The molecule has 0 atom stereocenters. The number of halogens is 1. The van der Waals surface area contributed by atoms with Crippen LogP contribution in [0, 0.1) is 0 Å². The Hall–Kier alpha value is -0.320. The third-order valence-corrected chi connectivity index (χ3v) is 2.98. The fourth-order valence-corrected chi connectivity index (χ4v) is 1.90. The van der Waals surface area contributed by atoms with Crippen LogP contribution in [0.15, 0.2) is 0 Å². The fraction of sp³-hybridized carbons (Fsp3) is 0.929. The fourth-order valence-electron chi connectivity index (χ4n) is 1.90. The number of carbonyl (C=O) groups is 1. The van der Waals surface area contributed by atoms with Crippen molar-refractivity contribution in [3.8, 4) is 0 Å². The number of quaternary nitrogens is 1. The summed E-state index contributed by atoms with van der Waals surface area (Å²) in [5.74, 6) is 2.81. The van der Waals surface area contributed by atoms with Crippen molar-refractivity contribution in [1.82, 2.24) is 0 Å². The molecule has 0 unspecified atom stereocenters. The molecule has 0 heterocycles. The first-order chi connectivity index (χ1) is 8.81. The van der Waals surface area contributed by atoms with Crippen molar-refractivity contribution in [2.75, 3.05) is 13.2 Å². The van der Waals surface area contributed by atoms with Gasteiger partial charge < -0.3 is 17.1 Å². The van der Waals surface area contributed by atoms with Gasteiger partial charge in [0.25, 0.3) is 0 Å². The van der Waals surface area contributed by atoms with E-state index in [1.54, 1.807) is 0 Å². The normalized spacial score (nSPS) is 10.0. The monoisotopic (exact) mass is 295 g/mol. The van der Waals surface area contributed by atoms with Gasteiger partial charge in [0.05, 0.1) is 6.61 Å². The zero-order valence-corrected chi connectivity index (χ0v) is 13.1. The minimum atomic E-state index is -0.319. The molecule has 0 aliphatic rings. The van der Waals surface area contributed by atoms with Crippen LogP contribution in [-0.2, 0) is 14.4 Å². The number of esters is 1. The highest BCUT2D eigenvalue weighted by atomic mass is 35.5. The number of carbonyl (C=O) groups excluding carboxylic acids is 1. The van der Waals surface area contributed by atoms with E-state index in [1.165, 1.54) is 51.4 Å². The molecule has 0 fully saturated rings. The molecule has 19 heavy (non-hydrogen) atoms. The Morgan fingerprint density at radius 2 is 1.37 bits per heavy atom. The number of hydrogen-bond acceptors (Lipinski definition) is 3. The van der Waals surface area contributed by atoms with Gasteiger partial charge >= 0.3 is 5.97 Å². The third kappa shape index (κ3) is 17.7. The van der Waals surface area contributed by atoms with Gasteiger partial charge in [-0.3, -0.25) is 0 Å². The average molecular weight is 296 g/mol. The van der Waals surface area contributed by atoms with Gasteiger partial charge in [0.15, 0.2) is 0 Å². The van der Waals surface area contributed by atoms with Crippen LogP contribution in [0.5, 0.6) is 0 Å². The zero-order chi connectivity index (χ0) is 13.5. The molecule has 0 aliphatic carbocycles. The van der Waals surface area contributed by atoms with Crippen LogP contribution < -0.4 is 18.3 Å². The first kappa shape index (κ1) is 21.0. The van der Waals surface area contributed by atoms with E-state index in [0.717, 1.165) is 12.8 Å². The first-order valence-corrected chi connectivity index (χ1v) is 7.33. The molecule has 116 valence electrons. The maximum absolute atomic E-state index is 10.9. The molecule has 0 radical (unpaired) electrons. The molecule has 0 aromatic carbocycles. The van der Waals surface area contributed by atoms with Gasteiger partial charge in [-0.15, -0.1) is 0 Å². The lowest BCUT2D eigenvalue weighted by molar-refractivity contribution is -0.685. The summed E-state index contributed by atoms with van der Waals surface area (Å²) in [5, 5.41) is 0. The SMILES string of the molecule is CCCCCCCCCCCCOC(=O)CO[NH3+].[Cl-]. The van der Waals surface area contributed by atoms with E-state index >= 15 is 0 Å². The highest BCUT2D eigenvalue weighted by Crippen LogP contribution is 2.10. The van der Waals surface area contributed by atoms with E-state index in [0.29, 0.717) is 6.61 Å². The molecule has 0 aromatic rings. The summed E-state index contributed by atoms with van der Waals surface area (Å²) in [6.07, 6.45) is 12.8. The van der Waals surface area contributed by atoms with Gasteiger partial charge in [-0.1, -0.05) is 64.7 Å². The number of rotatable bonds is 13. The largest absolute Gasteiger partial charge is 1.00 e. The summed E-state index contributed by atoms with van der Waals surface area (Å²) in [6.45, 7) is 2.71. The lowest BCUT2D eigenvalue weighted by Gasteiger charge is -2.03. The maximum Gasteiger partial charge on any atom is 0.338 e. The van der Waals surface area contributed by atoms with Gasteiger partial charge in [0.2, 0.25) is 6.61 Å². The molecule has 0 aliphatic heterocycles. The number of ether oxygens (including phenoxy) is 1. The van der Waals surface area contributed by atoms with Crippen LogP contribution in [0.2, 0.25) is 0 Å². The molecular weight excluding hydrogens is 266 g/mol. The summed E-state index contributed by atoms with van der Waals surface area (Å²) in [7, 11) is 0. The number of hydrogen-bond donors (Lipinski definition) is 1. The molecule has 0 bridgehead atoms. The molecular formula is C14H30ClNO3. The van der Waals surface area contributed by atoms with Gasteiger partial charge in [0, 0.05) is 0 Å². The summed E-state index contributed by atoms with van der Waals surface area (Å²) >= 11 is 0. The van der Waals surface area contributed by atoms with Gasteiger partial charge in [-0.2, -0.15) is 4.84 Å². The molecule has 0 rings (SSSR count). The van der Waals surface area contributed by atoms with E-state index in [9.17, 15) is 4.79 Å². The van der Waals surface area contributed by atoms with Crippen molar-refractivity contribution >= 4 is 5.97 Å². The third-order valence-electron chi connectivity index (χ3n) is 2.98. The second-order valence-corrected chi connectivity index (χ2v) is 4.75. The Labute approximate surface area is 123 Å². The molecule has 0 spiro atoms. The number of unbranched alkanes of at least 4 members (excludes halogenated alkanes) is 9. The predicted octanol–water partition coefficient (Wildman–Crippen LogP) is -0.372. The van der Waals surface area contributed by atoms with Gasteiger partial charge in [-0.05, 0) is 6.42 Å². The van der Waals surface area contributed by atoms with Crippen molar-refractivity contribution < 1.29 is 32.7 Å². The van der Waals surface area contributed by atoms with E-state index < -0.39 is 0 Å². The van der Waals surface area contributed by atoms with Crippen molar-refractivity contribution in [3.63, 3.8) is 0 Å². The van der Waals surface area contributed by atoms with Crippen LogP contribution >= 0.6 is 0 Å². The van der Waals surface area contributed by atoms with Crippen molar-refractivity contribution in [2.24, 2.45) is 0 Å². The van der Waals surface area contributed by atoms with Crippen molar-refractivity contribution in [2.45, 2.75) is 71.1 Å². The van der Waals surface area contributed by atoms with Crippen molar-refractivity contribution in [1.29, 1.82) is 0 Å². The minimum Gasteiger partial charge on any atom is -1.00 e. The molecule has 0 saturated carbocycles. The molecule has 0 amide bonds. The Morgan fingerprint density at radius 3 is 1.84 bits per heavy atom. The Balaban J connectivity index is 0. The maximum atomic E-state index is 10.9. The van der Waals surface area contributed by atoms with E-state index in [-0.39, 0.29) is 25.0 Å². The lowest BCUT2D eigenvalue weighted by atomic mass is 10.1. The zero-order valence-electron chi connectivity index (χ0n) is 12.3. The topological polar surface area (TPSA) is 63.2 Å². The quantitative estimate of drug-likeness (QED) is 0.286. The molecule has 4 nitrogen and oxygen atoms in total. The predicted molar refractivity (Wildman–Crippen MR) is 71.6 cm³/mol. The Bertz CT molecular complexity index is 192. The lowest BCUT2D eigenvalue weighted by Crippen LogP contribution is -3.00. The van der Waals surface area contributed by atoms with Crippen LogP contribution in [-0.4, -0.2) is 19.2 Å². The van der Waals surface area contributed by atoms with Crippen molar-refractivity contribution in [3.05, 3.63) is 0 Å². The molecule has 3 N–H and O–H groups in total. The highest BCUT2D eigenvalue weighted by Gasteiger charge is 2.01. The highest BCUT2D eigenvalue weighted by molar-refractivity contribution is 5.70. The average Bonchev–Trinajstić information content (AvgIpc) is 2.36. The molecule has 0 saturated heterocycles. The molecule has 0 aromatic heterocycles. The summed E-state index contributed by atoms with van der Waals surface area (Å²) in [5.41, 5.74) is 0. The van der Waals surface area contributed by atoms with Crippen LogP contribution in [0.3, 0.4) is 0 Å². The van der Waals surface area contributed by atoms with E-state index in [2.05, 4.69) is 17.7 Å². The van der Waals surface area contributed by atoms with Crippen LogP contribution in [0.1, 0.15) is 71.1 Å².